The van der Waals surface area contributed by atoms with Gasteiger partial charge in [0.25, 0.3) is 0 Å². The van der Waals surface area contributed by atoms with Crippen LogP contribution >= 0.6 is 27.3 Å². The van der Waals surface area contributed by atoms with Gasteiger partial charge < -0.3 is 5.32 Å². The maximum Gasteiger partial charge on any atom is 0.0850 e. The molecule has 0 aromatic carbocycles. The van der Waals surface area contributed by atoms with Crippen molar-refractivity contribution in [3.05, 3.63) is 38.3 Å². The van der Waals surface area contributed by atoms with E-state index in [0.29, 0.717) is 0 Å². The maximum absolute atomic E-state index is 4.50. The Hall–Kier alpha value is -0.650. The molecule has 0 aliphatic carbocycles. The Bertz CT molecular complexity index is 504. The van der Waals surface area contributed by atoms with E-state index >= 15 is 0 Å². The standard InChI is InChI=1S/C12H16BrN3S/c1-4-8-7-10(16(3)15-8)11(14-2)12-9(13)5-6-17-12/h5-7,11,14H,4H2,1-3H3. The first-order valence-electron chi connectivity index (χ1n) is 5.60. The molecule has 0 radical (unpaired) electrons. The van der Waals surface area contributed by atoms with Gasteiger partial charge in [0.2, 0.25) is 0 Å². The summed E-state index contributed by atoms with van der Waals surface area (Å²) in [7, 11) is 3.98. The van der Waals surface area contributed by atoms with Crippen molar-refractivity contribution in [1.82, 2.24) is 15.1 Å². The minimum absolute atomic E-state index is 0.196. The molecular formula is C12H16BrN3S. The van der Waals surface area contributed by atoms with Gasteiger partial charge in [-0.15, -0.1) is 11.3 Å². The molecule has 2 heterocycles. The highest BCUT2D eigenvalue weighted by molar-refractivity contribution is 9.10. The van der Waals surface area contributed by atoms with E-state index in [9.17, 15) is 0 Å². The second-order valence-electron chi connectivity index (χ2n) is 3.89. The van der Waals surface area contributed by atoms with Crippen molar-refractivity contribution < 1.29 is 0 Å². The molecule has 0 aliphatic rings. The second kappa shape index (κ2) is 5.33. The molecule has 0 amide bonds. The number of aryl methyl sites for hydroxylation is 2. The summed E-state index contributed by atoms with van der Waals surface area (Å²) in [5, 5.41) is 9.96. The van der Waals surface area contributed by atoms with Crippen molar-refractivity contribution in [2.24, 2.45) is 7.05 Å². The molecule has 1 N–H and O–H groups in total. The molecule has 0 saturated heterocycles. The zero-order valence-corrected chi connectivity index (χ0v) is 12.6. The summed E-state index contributed by atoms with van der Waals surface area (Å²) in [6.45, 7) is 2.13. The summed E-state index contributed by atoms with van der Waals surface area (Å²) in [6, 6.07) is 4.46. The molecule has 92 valence electrons. The van der Waals surface area contributed by atoms with Crippen LogP contribution < -0.4 is 5.32 Å². The molecule has 0 saturated carbocycles. The number of hydrogen-bond donors (Lipinski definition) is 1. The summed E-state index contributed by atoms with van der Waals surface area (Å²) < 4.78 is 3.12. The number of hydrogen-bond acceptors (Lipinski definition) is 3. The van der Waals surface area contributed by atoms with Crippen LogP contribution in [0, 0.1) is 0 Å². The zero-order chi connectivity index (χ0) is 12.4. The van der Waals surface area contributed by atoms with Gasteiger partial charge in [0.05, 0.1) is 17.4 Å². The lowest BCUT2D eigenvalue weighted by atomic mass is 10.1. The monoisotopic (exact) mass is 313 g/mol. The Morgan fingerprint density at radius 1 is 1.59 bits per heavy atom. The Balaban J connectivity index is 2.42. The summed E-state index contributed by atoms with van der Waals surface area (Å²) in [6.07, 6.45) is 0.968. The summed E-state index contributed by atoms with van der Waals surface area (Å²) in [4.78, 5) is 1.29. The lowest BCUT2D eigenvalue weighted by Gasteiger charge is -2.15. The van der Waals surface area contributed by atoms with Gasteiger partial charge in [-0.05, 0) is 46.9 Å². The van der Waals surface area contributed by atoms with Crippen LogP contribution in [0.3, 0.4) is 0 Å². The van der Waals surface area contributed by atoms with Crippen molar-refractivity contribution in [2.75, 3.05) is 7.05 Å². The smallest absolute Gasteiger partial charge is 0.0850 e. The highest BCUT2D eigenvalue weighted by atomic mass is 79.9. The fourth-order valence-electron chi connectivity index (χ4n) is 1.91. The van der Waals surface area contributed by atoms with Gasteiger partial charge in [0.15, 0.2) is 0 Å². The van der Waals surface area contributed by atoms with Crippen molar-refractivity contribution in [2.45, 2.75) is 19.4 Å². The number of aromatic nitrogens is 2. The minimum atomic E-state index is 0.196. The van der Waals surface area contributed by atoms with Crippen LogP contribution in [0.25, 0.3) is 0 Å². The van der Waals surface area contributed by atoms with Crippen LogP contribution in [0.4, 0.5) is 0 Å². The molecule has 5 heteroatoms. The minimum Gasteiger partial charge on any atom is -0.307 e. The molecule has 0 aliphatic heterocycles. The average molecular weight is 314 g/mol. The Morgan fingerprint density at radius 2 is 2.35 bits per heavy atom. The third-order valence-electron chi connectivity index (χ3n) is 2.82. The van der Waals surface area contributed by atoms with Gasteiger partial charge in [-0.3, -0.25) is 4.68 Å². The van der Waals surface area contributed by atoms with Gasteiger partial charge in [0, 0.05) is 16.4 Å². The Morgan fingerprint density at radius 3 is 2.82 bits per heavy atom. The van der Waals surface area contributed by atoms with E-state index in [4.69, 9.17) is 0 Å². The van der Waals surface area contributed by atoms with E-state index in [1.54, 1.807) is 11.3 Å². The van der Waals surface area contributed by atoms with E-state index in [0.717, 1.165) is 16.6 Å². The number of thiophene rings is 1. The molecule has 1 atom stereocenters. The van der Waals surface area contributed by atoms with Crippen LogP contribution in [-0.4, -0.2) is 16.8 Å². The van der Waals surface area contributed by atoms with Crippen molar-refractivity contribution >= 4 is 27.3 Å². The Kier molecular flexibility index (Phi) is 4.01. The third kappa shape index (κ3) is 2.46. The van der Waals surface area contributed by atoms with Crippen LogP contribution in [0.15, 0.2) is 22.0 Å². The van der Waals surface area contributed by atoms with E-state index in [2.05, 4.69) is 50.8 Å². The fourth-order valence-corrected chi connectivity index (χ4v) is 3.63. The van der Waals surface area contributed by atoms with Crippen LogP contribution in [0.2, 0.25) is 0 Å². The third-order valence-corrected chi connectivity index (χ3v) is 4.76. The quantitative estimate of drug-likeness (QED) is 0.940. The van der Waals surface area contributed by atoms with Gasteiger partial charge in [0.1, 0.15) is 0 Å². The summed E-state index contributed by atoms with van der Waals surface area (Å²) >= 11 is 5.35. The molecular weight excluding hydrogens is 298 g/mol. The van der Waals surface area contributed by atoms with Crippen LogP contribution in [0.1, 0.15) is 29.2 Å². The van der Waals surface area contributed by atoms with Gasteiger partial charge >= 0.3 is 0 Å². The molecule has 2 rings (SSSR count). The van der Waals surface area contributed by atoms with Crippen molar-refractivity contribution in [3.63, 3.8) is 0 Å². The molecule has 0 spiro atoms. The Labute approximate surface area is 114 Å². The normalized spacial score (nSPS) is 12.9. The molecule has 1 unspecified atom stereocenters. The summed E-state index contributed by atoms with van der Waals surface area (Å²) in [5.74, 6) is 0. The predicted molar refractivity (Wildman–Crippen MR) is 75.5 cm³/mol. The molecule has 3 nitrogen and oxygen atoms in total. The average Bonchev–Trinajstić information content (AvgIpc) is 2.88. The van der Waals surface area contributed by atoms with E-state index in [1.165, 1.54) is 10.6 Å². The van der Waals surface area contributed by atoms with Crippen molar-refractivity contribution in [1.29, 1.82) is 0 Å². The van der Waals surface area contributed by atoms with Gasteiger partial charge in [-0.2, -0.15) is 5.10 Å². The van der Waals surface area contributed by atoms with E-state index < -0.39 is 0 Å². The number of rotatable bonds is 4. The van der Waals surface area contributed by atoms with E-state index in [1.807, 2.05) is 18.8 Å². The van der Waals surface area contributed by atoms with Crippen LogP contribution in [0.5, 0.6) is 0 Å². The topological polar surface area (TPSA) is 29.9 Å². The lowest BCUT2D eigenvalue weighted by molar-refractivity contribution is 0.609. The lowest BCUT2D eigenvalue weighted by Crippen LogP contribution is -2.19. The number of nitrogens with one attached hydrogen (secondary N) is 1. The first-order chi connectivity index (χ1) is 8.17. The van der Waals surface area contributed by atoms with Crippen molar-refractivity contribution in [3.8, 4) is 0 Å². The number of halogens is 1. The largest absolute Gasteiger partial charge is 0.307 e. The predicted octanol–water partition coefficient (Wildman–Crippen LogP) is 3.12. The number of nitrogens with zero attached hydrogens (tertiary/aromatic N) is 2. The molecule has 0 fully saturated rings. The molecule has 2 aromatic rings. The van der Waals surface area contributed by atoms with Gasteiger partial charge in [-0.25, -0.2) is 0 Å². The molecule has 17 heavy (non-hydrogen) atoms. The zero-order valence-electron chi connectivity index (χ0n) is 10.2. The van der Waals surface area contributed by atoms with Gasteiger partial charge in [-0.1, -0.05) is 6.92 Å². The highest BCUT2D eigenvalue weighted by Crippen LogP contribution is 2.32. The SMILES string of the molecule is CCc1cc(C(NC)c2sccc2Br)n(C)n1. The first-order valence-corrected chi connectivity index (χ1v) is 7.27. The highest BCUT2D eigenvalue weighted by Gasteiger charge is 2.20. The first kappa shape index (κ1) is 12.8. The maximum atomic E-state index is 4.50. The summed E-state index contributed by atoms with van der Waals surface area (Å²) in [5.41, 5.74) is 2.34. The fraction of sp³-hybridized carbons (Fsp3) is 0.417. The van der Waals surface area contributed by atoms with E-state index in [-0.39, 0.29) is 6.04 Å². The second-order valence-corrected chi connectivity index (χ2v) is 5.69. The van der Waals surface area contributed by atoms with Crippen LogP contribution in [-0.2, 0) is 13.5 Å². The molecule has 2 aromatic heterocycles. The molecule has 0 bridgehead atoms.